The number of benzene rings is 2. The molecule has 0 aliphatic carbocycles. The molecule has 0 radical (unpaired) electrons. The standard InChI is InChI=1S/C20H14ClN3O2/c21-17-8-20(12-23-11-17)26-19-6-2-5-18(9-19)24(14-25)13-16-4-1-3-15(7-16)10-22/h1-9,11-12,14H,13H2. The Bertz CT molecular complexity index is 969. The van der Waals surface area contributed by atoms with Gasteiger partial charge in [0, 0.05) is 24.0 Å². The number of carbonyl (C=O) groups excluding carboxylic acids is 1. The van der Waals surface area contributed by atoms with E-state index < -0.39 is 0 Å². The molecule has 3 aromatic rings. The van der Waals surface area contributed by atoms with E-state index in [0.717, 1.165) is 12.0 Å². The number of amides is 1. The fourth-order valence-electron chi connectivity index (χ4n) is 2.44. The van der Waals surface area contributed by atoms with Crippen molar-refractivity contribution < 1.29 is 9.53 Å². The van der Waals surface area contributed by atoms with Crippen LogP contribution in [0, 0.1) is 11.3 Å². The molecule has 0 spiro atoms. The van der Waals surface area contributed by atoms with E-state index in [4.69, 9.17) is 21.6 Å². The largest absolute Gasteiger partial charge is 0.456 e. The number of ether oxygens (including phenoxy) is 1. The third-order valence-corrected chi connectivity index (χ3v) is 3.81. The number of carbonyl (C=O) groups is 1. The zero-order valence-corrected chi connectivity index (χ0v) is 14.4. The lowest BCUT2D eigenvalue weighted by Gasteiger charge is -2.18. The summed E-state index contributed by atoms with van der Waals surface area (Å²) in [5.41, 5.74) is 2.09. The smallest absolute Gasteiger partial charge is 0.214 e. The first kappa shape index (κ1) is 17.5. The zero-order chi connectivity index (χ0) is 18.4. The van der Waals surface area contributed by atoms with Gasteiger partial charge in [-0.2, -0.15) is 5.26 Å². The first-order valence-electron chi connectivity index (χ1n) is 7.77. The average molecular weight is 364 g/mol. The summed E-state index contributed by atoms with van der Waals surface area (Å²) < 4.78 is 5.75. The number of nitriles is 1. The summed E-state index contributed by atoms with van der Waals surface area (Å²) in [5.74, 6) is 1.07. The minimum Gasteiger partial charge on any atom is -0.456 e. The molecule has 0 N–H and O–H groups in total. The number of hydrogen-bond donors (Lipinski definition) is 0. The Morgan fingerprint density at radius 2 is 1.96 bits per heavy atom. The molecule has 6 heteroatoms. The maximum absolute atomic E-state index is 11.6. The molecule has 3 rings (SSSR count). The van der Waals surface area contributed by atoms with E-state index in [0.29, 0.717) is 34.3 Å². The van der Waals surface area contributed by atoms with Gasteiger partial charge in [0.1, 0.15) is 11.5 Å². The van der Waals surface area contributed by atoms with Gasteiger partial charge in [0.05, 0.1) is 29.4 Å². The van der Waals surface area contributed by atoms with Crippen LogP contribution in [0.4, 0.5) is 5.69 Å². The number of halogens is 1. The SMILES string of the molecule is N#Cc1cccc(CN(C=O)c2cccc(Oc3cncc(Cl)c3)c2)c1. The predicted octanol–water partition coefficient (Wildman–Crippen LogP) is 4.56. The van der Waals surface area contributed by atoms with Crippen LogP contribution in [0.1, 0.15) is 11.1 Å². The van der Waals surface area contributed by atoms with E-state index in [2.05, 4.69) is 11.1 Å². The highest BCUT2D eigenvalue weighted by Gasteiger charge is 2.09. The van der Waals surface area contributed by atoms with Gasteiger partial charge in [0.2, 0.25) is 6.41 Å². The lowest BCUT2D eigenvalue weighted by atomic mass is 10.1. The summed E-state index contributed by atoms with van der Waals surface area (Å²) in [6.45, 7) is 0.348. The second kappa shape index (κ2) is 8.15. The monoisotopic (exact) mass is 363 g/mol. The van der Waals surface area contributed by atoms with Crippen molar-refractivity contribution in [3.8, 4) is 17.6 Å². The van der Waals surface area contributed by atoms with E-state index in [-0.39, 0.29) is 0 Å². The Labute approximate surface area is 156 Å². The Balaban J connectivity index is 1.80. The third kappa shape index (κ3) is 4.38. The van der Waals surface area contributed by atoms with Gasteiger partial charge in [-0.15, -0.1) is 0 Å². The third-order valence-electron chi connectivity index (χ3n) is 3.60. The van der Waals surface area contributed by atoms with Crippen LogP contribution in [0.3, 0.4) is 0 Å². The molecule has 0 atom stereocenters. The number of anilines is 1. The highest BCUT2D eigenvalue weighted by atomic mass is 35.5. The van der Waals surface area contributed by atoms with Gasteiger partial charge < -0.3 is 9.64 Å². The lowest BCUT2D eigenvalue weighted by molar-refractivity contribution is -0.107. The molecular weight excluding hydrogens is 350 g/mol. The molecule has 1 heterocycles. The Morgan fingerprint density at radius 1 is 1.12 bits per heavy atom. The van der Waals surface area contributed by atoms with Crippen LogP contribution < -0.4 is 9.64 Å². The topological polar surface area (TPSA) is 66.2 Å². The van der Waals surface area contributed by atoms with Gasteiger partial charge in [-0.1, -0.05) is 29.8 Å². The van der Waals surface area contributed by atoms with Crippen molar-refractivity contribution in [2.24, 2.45) is 0 Å². The van der Waals surface area contributed by atoms with E-state index in [1.54, 1.807) is 53.6 Å². The summed E-state index contributed by atoms with van der Waals surface area (Å²) >= 11 is 5.91. The molecule has 0 unspecified atom stereocenters. The van der Waals surface area contributed by atoms with Gasteiger partial charge in [-0.3, -0.25) is 9.78 Å². The Morgan fingerprint density at radius 3 is 2.73 bits per heavy atom. The second-order valence-corrected chi connectivity index (χ2v) is 5.92. The van der Waals surface area contributed by atoms with E-state index >= 15 is 0 Å². The molecule has 0 bridgehead atoms. The molecule has 5 nitrogen and oxygen atoms in total. The minimum absolute atomic E-state index is 0.348. The second-order valence-electron chi connectivity index (χ2n) is 5.48. The van der Waals surface area contributed by atoms with Gasteiger partial charge in [-0.25, -0.2) is 0 Å². The molecule has 128 valence electrons. The van der Waals surface area contributed by atoms with Crippen molar-refractivity contribution in [1.29, 1.82) is 5.26 Å². The van der Waals surface area contributed by atoms with Crippen molar-refractivity contribution in [3.63, 3.8) is 0 Å². The summed E-state index contributed by atoms with van der Waals surface area (Å²) in [4.78, 5) is 17.1. The lowest BCUT2D eigenvalue weighted by Crippen LogP contribution is -2.20. The van der Waals surface area contributed by atoms with Crippen molar-refractivity contribution >= 4 is 23.7 Å². The summed E-state index contributed by atoms with van der Waals surface area (Å²) in [6.07, 6.45) is 3.83. The van der Waals surface area contributed by atoms with E-state index in [9.17, 15) is 4.79 Å². The molecular formula is C20H14ClN3O2. The van der Waals surface area contributed by atoms with Crippen molar-refractivity contribution in [2.45, 2.75) is 6.54 Å². The molecule has 1 aromatic heterocycles. The number of pyridine rings is 1. The van der Waals surface area contributed by atoms with Crippen LogP contribution in [0.2, 0.25) is 5.02 Å². The highest BCUT2D eigenvalue weighted by molar-refractivity contribution is 6.30. The first-order chi connectivity index (χ1) is 12.7. The number of nitrogens with zero attached hydrogens (tertiary/aromatic N) is 3. The Kier molecular flexibility index (Phi) is 5.47. The molecule has 0 saturated heterocycles. The number of rotatable bonds is 6. The van der Waals surface area contributed by atoms with Crippen LogP contribution >= 0.6 is 11.6 Å². The van der Waals surface area contributed by atoms with Gasteiger partial charge in [-0.05, 0) is 29.8 Å². The summed E-state index contributed by atoms with van der Waals surface area (Å²) in [7, 11) is 0. The van der Waals surface area contributed by atoms with Crippen molar-refractivity contribution in [3.05, 3.63) is 83.1 Å². The van der Waals surface area contributed by atoms with Crippen LogP contribution in [0.25, 0.3) is 0 Å². The highest BCUT2D eigenvalue weighted by Crippen LogP contribution is 2.27. The Hall–Kier alpha value is -3.36. The zero-order valence-electron chi connectivity index (χ0n) is 13.7. The van der Waals surface area contributed by atoms with Gasteiger partial charge in [0.15, 0.2) is 0 Å². The average Bonchev–Trinajstić information content (AvgIpc) is 2.66. The summed E-state index contributed by atoms with van der Waals surface area (Å²) in [5, 5.41) is 9.48. The maximum atomic E-state index is 11.6. The van der Waals surface area contributed by atoms with E-state index in [1.165, 1.54) is 6.20 Å². The molecule has 26 heavy (non-hydrogen) atoms. The predicted molar refractivity (Wildman–Crippen MR) is 99.2 cm³/mol. The number of aromatic nitrogens is 1. The van der Waals surface area contributed by atoms with Crippen LogP contribution in [0.5, 0.6) is 11.5 Å². The molecule has 0 aliphatic rings. The normalized spacial score (nSPS) is 10.0. The van der Waals surface area contributed by atoms with E-state index in [1.807, 2.05) is 12.1 Å². The number of hydrogen-bond acceptors (Lipinski definition) is 4. The molecule has 1 amide bonds. The van der Waals surface area contributed by atoms with Gasteiger partial charge >= 0.3 is 0 Å². The van der Waals surface area contributed by atoms with Crippen molar-refractivity contribution in [1.82, 2.24) is 4.98 Å². The fourth-order valence-corrected chi connectivity index (χ4v) is 2.60. The fraction of sp³-hybridized carbons (Fsp3) is 0.0500. The maximum Gasteiger partial charge on any atom is 0.214 e. The molecule has 2 aromatic carbocycles. The van der Waals surface area contributed by atoms with Gasteiger partial charge in [0.25, 0.3) is 0 Å². The van der Waals surface area contributed by atoms with Crippen LogP contribution in [-0.4, -0.2) is 11.4 Å². The van der Waals surface area contributed by atoms with Crippen LogP contribution in [0.15, 0.2) is 67.0 Å². The van der Waals surface area contributed by atoms with Crippen molar-refractivity contribution in [2.75, 3.05) is 4.90 Å². The summed E-state index contributed by atoms with van der Waals surface area (Å²) in [6, 6.07) is 18.0. The quantitative estimate of drug-likeness (QED) is 0.602. The molecule has 0 aliphatic heterocycles. The first-order valence-corrected chi connectivity index (χ1v) is 8.15. The minimum atomic E-state index is 0.348. The molecule has 0 fully saturated rings. The van der Waals surface area contributed by atoms with Crippen LogP contribution in [-0.2, 0) is 11.3 Å². The molecule has 0 saturated carbocycles.